The molecule has 4 aliphatic rings. The number of hydrogen-bond acceptors (Lipinski definition) is 6. The monoisotopic (exact) mass is 494 g/mol. The summed E-state index contributed by atoms with van der Waals surface area (Å²) in [4.78, 5) is 11.8. The molecule has 2 N–H and O–H groups in total. The summed E-state index contributed by atoms with van der Waals surface area (Å²) in [5.74, 6) is 3.27. The van der Waals surface area contributed by atoms with Gasteiger partial charge in [0.1, 0.15) is 6.79 Å². The average molecular weight is 495 g/mol. The van der Waals surface area contributed by atoms with Crippen molar-refractivity contribution in [3.63, 3.8) is 0 Å². The Morgan fingerprint density at radius 3 is 2.37 bits per heavy atom. The molecule has 0 aliphatic heterocycles. The predicted molar refractivity (Wildman–Crippen MR) is 134 cm³/mol. The minimum Gasteiger partial charge on any atom is -0.469 e. The van der Waals surface area contributed by atoms with E-state index in [2.05, 4.69) is 20.8 Å². The van der Waals surface area contributed by atoms with Crippen molar-refractivity contribution >= 4 is 5.97 Å². The summed E-state index contributed by atoms with van der Waals surface area (Å²) in [6.45, 7) is 7.85. The highest BCUT2D eigenvalue weighted by atomic mass is 16.7. The second-order valence-electron chi connectivity index (χ2n) is 13.2. The van der Waals surface area contributed by atoms with E-state index in [0.717, 1.165) is 32.1 Å². The topological polar surface area (TPSA) is 85.2 Å². The van der Waals surface area contributed by atoms with Crippen LogP contribution in [0.15, 0.2) is 0 Å². The number of aliphatic hydroxyl groups excluding tert-OH is 2. The molecule has 0 aromatic heterocycles. The first-order valence-corrected chi connectivity index (χ1v) is 14.1. The molecule has 0 radical (unpaired) electrons. The van der Waals surface area contributed by atoms with Crippen LogP contribution in [0.5, 0.6) is 0 Å². The molecule has 4 aliphatic carbocycles. The van der Waals surface area contributed by atoms with Gasteiger partial charge in [0.15, 0.2) is 0 Å². The average Bonchev–Trinajstić information content (AvgIpc) is 3.22. The maximum atomic E-state index is 11.8. The Balaban J connectivity index is 1.58. The molecule has 6 nitrogen and oxygen atoms in total. The van der Waals surface area contributed by atoms with Gasteiger partial charge in [0, 0.05) is 18.9 Å². The van der Waals surface area contributed by atoms with E-state index >= 15 is 0 Å². The normalized spacial score (nSPS) is 43.1. The number of aliphatic hydroxyl groups is 2. The molecule has 4 rings (SSSR count). The smallest absolute Gasteiger partial charge is 0.305 e. The molecule has 35 heavy (non-hydrogen) atoms. The lowest BCUT2D eigenvalue weighted by Gasteiger charge is -2.64. The Morgan fingerprint density at radius 2 is 1.71 bits per heavy atom. The number of ether oxygens (including phenoxy) is 3. The van der Waals surface area contributed by atoms with Gasteiger partial charge in [-0.2, -0.15) is 0 Å². The zero-order valence-electron chi connectivity index (χ0n) is 22.8. The number of esters is 1. The molecule has 202 valence electrons. The van der Waals surface area contributed by atoms with Gasteiger partial charge in [-0.05, 0) is 104 Å². The molecule has 0 saturated heterocycles. The Kier molecular flexibility index (Phi) is 8.27. The van der Waals surface area contributed by atoms with E-state index in [4.69, 9.17) is 14.2 Å². The van der Waals surface area contributed by atoms with Crippen LogP contribution in [-0.2, 0) is 19.0 Å². The predicted octanol–water partition coefficient (Wildman–Crippen LogP) is 4.80. The van der Waals surface area contributed by atoms with Crippen LogP contribution in [0.2, 0.25) is 0 Å². The number of carbonyl (C=O) groups is 1. The van der Waals surface area contributed by atoms with Gasteiger partial charge in [0.05, 0.1) is 26.4 Å². The molecule has 0 heterocycles. The quantitative estimate of drug-likeness (QED) is 0.354. The fourth-order valence-electron chi connectivity index (χ4n) is 9.65. The van der Waals surface area contributed by atoms with Crippen LogP contribution in [0.4, 0.5) is 0 Å². The van der Waals surface area contributed by atoms with Crippen molar-refractivity contribution < 1.29 is 29.2 Å². The van der Waals surface area contributed by atoms with Crippen molar-refractivity contribution in [3.8, 4) is 0 Å². The first-order chi connectivity index (χ1) is 16.7. The van der Waals surface area contributed by atoms with Crippen molar-refractivity contribution in [3.05, 3.63) is 0 Å². The van der Waals surface area contributed by atoms with Gasteiger partial charge in [-0.3, -0.25) is 4.79 Å². The first-order valence-electron chi connectivity index (χ1n) is 14.1. The van der Waals surface area contributed by atoms with Crippen LogP contribution < -0.4 is 0 Å². The Bertz CT molecular complexity index is 737. The van der Waals surface area contributed by atoms with Crippen molar-refractivity contribution in [2.45, 2.75) is 91.1 Å². The highest BCUT2D eigenvalue weighted by molar-refractivity contribution is 5.69. The lowest BCUT2D eigenvalue weighted by Crippen LogP contribution is -2.60. The number of methoxy groups -OCH3 is 2. The Labute approximate surface area is 212 Å². The lowest BCUT2D eigenvalue weighted by molar-refractivity contribution is -0.214. The minimum atomic E-state index is -0.348. The third-order valence-corrected chi connectivity index (χ3v) is 11.8. The van der Waals surface area contributed by atoms with Gasteiger partial charge in [-0.25, -0.2) is 0 Å². The highest BCUT2D eigenvalue weighted by Crippen LogP contribution is 2.69. The molecule has 4 fully saturated rings. The second-order valence-corrected chi connectivity index (χ2v) is 13.2. The van der Waals surface area contributed by atoms with Gasteiger partial charge >= 0.3 is 5.97 Å². The van der Waals surface area contributed by atoms with E-state index in [1.807, 2.05) is 0 Å². The minimum absolute atomic E-state index is 0.0691. The van der Waals surface area contributed by atoms with Crippen molar-refractivity contribution in [1.29, 1.82) is 0 Å². The molecule has 0 bridgehead atoms. The summed E-state index contributed by atoms with van der Waals surface area (Å²) in [5, 5.41) is 20.3. The maximum absolute atomic E-state index is 11.8. The molecular weight excluding hydrogens is 444 g/mol. The molecule has 0 spiro atoms. The lowest BCUT2D eigenvalue weighted by atomic mass is 9.42. The fourth-order valence-corrected chi connectivity index (χ4v) is 9.65. The first kappa shape index (κ1) is 27.3. The van der Waals surface area contributed by atoms with Crippen molar-refractivity contribution in [2.75, 3.05) is 34.2 Å². The molecule has 9 atom stereocenters. The number of rotatable bonds is 9. The van der Waals surface area contributed by atoms with Crippen LogP contribution >= 0.6 is 0 Å². The molecular formula is C29H50O6. The standard InChI is InChI=1S/C29H50O6/c1-19(6-9-25(32)34-5)21-7-8-22-26-23(10-11-28(21,22)3)27(2)12-13-29(16-30,17-31)15-20(27)14-24(26)35-18-33-4/h19-24,26,30-31H,6-18H2,1-5H3/t19-,20+,21-,22+,23+,24-,26+,27+,28-/m1/s1. The SMILES string of the molecule is COCO[C@@H]1C[C@H]2CC(CO)(CO)CC[C@]2(C)[C@H]2CC[C@]3(C)[C@@H]([C@H](C)CCC(=O)OC)CC[C@H]3[C@H]12. The van der Waals surface area contributed by atoms with Crippen LogP contribution in [0.25, 0.3) is 0 Å². The van der Waals surface area contributed by atoms with E-state index in [1.165, 1.54) is 32.8 Å². The largest absolute Gasteiger partial charge is 0.469 e. The fraction of sp³-hybridized carbons (Fsp3) is 0.966. The Hall–Kier alpha value is -0.690. The van der Waals surface area contributed by atoms with Crippen LogP contribution in [-0.4, -0.2) is 56.5 Å². The molecule has 0 aromatic rings. The number of carbonyl (C=O) groups excluding carboxylic acids is 1. The molecule has 0 amide bonds. The van der Waals surface area contributed by atoms with Gasteiger partial charge in [0.2, 0.25) is 0 Å². The third-order valence-electron chi connectivity index (χ3n) is 11.8. The third kappa shape index (κ3) is 4.70. The zero-order chi connectivity index (χ0) is 25.4. The summed E-state index contributed by atoms with van der Waals surface area (Å²) >= 11 is 0. The molecule has 4 saturated carbocycles. The van der Waals surface area contributed by atoms with Gasteiger partial charge in [-0.15, -0.1) is 0 Å². The summed E-state index contributed by atoms with van der Waals surface area (Å²) in [7, 11) is 3.18. The van der Waals surface area contributed by atoms with E-state index in [1.54, 1.807) is 7.11 Å². The second kappa shape index (κ2) is 10.6. The van der Waals surface area contributed by atoms with E-state index < -0.39 is 0 Å². The van der Waals surface area contributed by atoms with Crippen molar-refractivity contribution in [1.82, 2.24) is 0 Å². The zero-order valence-corrected chi connectivity index (χ0v) is 22.8. The molecule has 0 aromatic carbocycles. The molecule has 6 heteroatoms. The van der Waals surface area contributed by atoms with Gasteiger partial charge in [-0.1, -0.05) is 20.8 Å². The van der Waals surface area contributed by atoms with Gasteiger partial charge < -0.3 is 24.4 Å². The summed E-state index contributed by atoms with van der Waals surface area (Å²) in [6, 6.07) is 0. The Morgan fingerprint density at radius 1 is 1.00 bits per heavy atom. The molecule has 0 unspecified atom stereocenters. The van der Waals surface area contributed by atoms with E-state index in [-0.39, 0.29) is 41.5 Å². The van der Waals surface area contributed by atoms with Crippen LogP contribution in [0.3, 0.4) is 0 Å². The van der Waals surface area contributed by atoms with Gasteiger partial charge in [0.25, 0.3) is 0 Å². The summed E-state index contributed by atoms with van der Waals surface area (Å²) in [5.41, 5.74) is 0.171. The van der Waals surface area contributed by atoms with Crippen molar-refractivity contribution in [2.24, 2.45) is 51.8 Å². The number of hydrogen-bond donors (Lipinski definition) is 2. The number of fused-ring (bicyclic) bond motifs is 5. The van der Waals surface area contributed by atoms with Crippen LogP contribution in [0.1, 0.15) is 85.0 Å². The van der Waals surface area contributed by atoms with E-state index in [9.17, 15) is 15.0 Å². The summed E-state index contributed by atoms with van der Waals surface area (Å²) < 4.78 is 16.8. The highest BCUT2D eigenvalue weighted by Gasteiger charge is 2.64. The summed E-state index contributed by atoms with van der Waals surface area (Å²) in [6.07, 6.45) is 10.4. The van der Waals surface area contributed by atoms with Crippen LogP contribution in [0, 0.1) is 51.8 Å². The maximum Gasteiger partial charge on any atom is 0.305 e. The van der Waals surface area contributed by atoms with E-state index in [0.29, 0.717) is 48.7 Å².